The van der Waals surface area contributed by atoms with E-state index in [0.717, 1.165) is 5.56 Å². The largest absolute Gasteiger partial charge is 0.369 e. The summed E-state index contributed by atoms with van der Waals surface area (Å²) in [5.74, 6) is -0.362. The number of hydrogen-bond acceptors (Lipinski definition) is 2. The molecule has 0 aliphatic rings. The summed E-state index contributed by atoms with van der Waals surface area (Å²) < 4.78 is 0. The predicted molar refractivity (Wildman–Crippen MR) is 57.1 cm³/mol. The van der Waals surface area contributed by atoms with Gasteiger partial charge in [-0.25, -0.2) is 0 Å². The van der Waals surface area contributed by atoms with E-state index in [0.29, 0.717) is 5.02 Å². The lowest BCUT2D eigenvalue weighted by Crippen LogP contribution is -2.30. The number of carbonyl (C=O) groups is 1. The molecule has 0 saturated heterocycles. The molecule has 1 aromatic carbocycles. The highest BCUT2D eigenvalue weighted by molar-refractivity contribution is 6.30. The number of rotatable bonds is 4. The summed E-state index contributed by atoms with van der Waals surface area (Å²) in [6.07, 6.45) is 0. The summed E-state index contributed by atoms with van der Waals surface area (Å²) in [6, 6.07) is 7.57. The molecule has 1 aromatic rings. The summed E-state index contributed by atoms with van der Waals surface area (Å²) in [5, 5.41) is 3.68. The first-order valence-electron chi connectivity index (χ1n) is 4.36. The predicted octanol–water partition coefficient (Wildman–Crippen LogP) is 1.48. The summed E-state index contributed by atoms with van der Waals surface area (Å²) in [5.41, 5.74) is 6.06. The Balaban J connectivity index is 2.60. The molecule has 76 valence electrons. The van der Waals surface area contributed by atoms with Gasteiger partial charge < -0.3 is 11.1 Å². The maximum Gasteiger partial charge on any atom is 0.231 e. The van der Waals surface area contributed by atoms with Crippen LogP contribution in [0.3, 0.4) is 0 Å². The highest BCUT2D eigenvalue weighted by Gasteiger charge is 2.05. The third kappa shape index (κ3) is 3.36. The van der Waals surface area contributed by atoms with Gasteiger partial charge in [0.1, 0.15) is 0 Å². The van der Waals surface area contributed by atoms with Crippen LogP contribution in [-0.2, 0) is 4.79 Å². The lowest BCUT2D eigenvalue weighted by atomic mass is 10.1. The first kappa shape index (κ1) is 11.0. The summed E-state index contributed by atoms with van der Waals surface area (Å²) in [7, 11) is 0. The molecule has 0 unspecified atom stereocenters. The van der Waals surface area contributed by atoms with Crippen LogP contribution in [0.25, 0.3) is 0 Å². The molecule has 0 spiro atoms. The number of amides is 1. The molecule has 1 rings (SSSR count). The van der Waals surface area contributed by atoms with Gasteiger partial charge in [0.2, 0.25) is 5.91 Å². The van der Waals surface area contributed by atoms with Gasteiger partial charge >= 0.3 is 0 Å². The molecule has 0 aliphatic carbocycles. The molecule has 0 fully saturated rings. The van der Waals surface area contributed by atoms with Crippen molar-refractivity contribution in [3.05, 3.63) is 34.9 Å². The molecule has 4 heteroatoms. The SMILES string of the molecule is C[C@H](NCC(N)=O)c1cccc(Cl)c1. The van der Waals surface area contributed by atoms with Crippen molar-refractivity contribution >= 4 is 17.5 Å². The molecule has 0 bridgehead atoms. The third-order valence-electron chi connectivity index (χ3n) is 1.93. The second-order valence-corrected chi connectivity index (χ2v) is 3.56. The average molecular weight is 213 g/mol. The van der Waals surface area contributed by atoms with E-state index < -0.39 is 0 Å². The van der Waals surface area contributed by atoms with E-state index in [1.165, 1.54) is 0 Å². The van der Waals surface area contributed by atoms with E-state index in [4.69, 9.17) is 17.3 Å². The summed E-state index contributed by atoms with van der Waals surface area (Å²) in [6.45, 7) is 2.13. The van der Waals surface area contributed by atoms with Crippen LogP contribution in [0.5, 0.6) is 0 Å². The van der Waals surface area contributed by atoms with E-state index in [2.05, 4.69) is 5.32 Å². The van der Waals surface area contributed by atoms with E-state index >= 15 is 0 Å². The Morgan fingerprint density at radius 3 is 2.93 bits per heavy atom. The van der Waals surface area contributed by atoms with Crippen molar-refractivity contribution in [2.24, 2.45) is 5.73 Å². The highest BCUT2D eigenvalue weighted by Crippen LogP contribution is 2.16. The summed E-state index contributed by atoms with van der Waals surface area (Å²) >= 11 is 5.83. The second kappa shape index (κ2) is 4.98. The van der Waals surface area contributed by atoms with Crippen molar-refractivity contribution in [2.45, 2.75) is 13.0 Å². The number of carbonyl (C=O) groups excluding carboxylic acids is 1. The molecule has 0 radical (unpaired) electrons. The van der Waals surface area contributed by atoms with Gasteiger partial charge in [-0.1, -0.05) is 23.7 Å². The first-order chi connectivity index (χ1) is 6.59. The lowest BCUT2D eigenvalue weighted by Gasteiger charge is -2.12. The maximum atomic E-state index is 10.5. The zero-order valence-electron chi connectivity index (χ0n) is 7.96. The molecule has 3 nitrogen and oxygen atoms in total. The van der Waals surface area contributed by atoms with Gasteiger partial charge in [0, 0.05) is 11.1 Å². The van der Waals surface area contributed by atoms with Gasteiger partial charge in [-0.15, -0.1) is 0 Å². The minimum Gasteiger partial charge on any atom is -0.369 e. The fraction of sp³-hybridized carbons (Fsp3) is 0.300. The Morgan fingerprint density at radius 2 is 2.36 bits per heavy atom. The number of nitrogens with one attached hydrogen (secondary N) is 1. The molecule has 0 saturated carbocycles. The Morgan fingerprint density at radius 1 is 1.64 bits per heavy atom. The lowest BCUT2D eigenvalue weighted by molar-refractivity contribution is -0.117. The fourth-order valence-corrected chi connectivity index (χ4v) is 1.35. The standard InChI is InChI=1S/C10H13ClN2O/c1-7(13-6-10(12)14)8-3-2-4-9(11)5-8/h2-5,7,13H,6H2,1H3,(H2,12,14)/t7-/m0/s1. The summed E-state index contributed by atoms with van der Waals surface area (Å²) in [4.78, 5) is 10.5. The number of halogens is 1. The molecule has 0 aliphatic heterocycles. The molecular weight excluding hydrogens is 200 g/mol. The Hall–Kier alpha value is -1.06. The van der Waals surface area contributed by atoms with Gasteiger partial charge in [-0.3, -0.25) is 4.79 Å². The fourth-order valence-electron chi connectivity index (χ4n) is 1.15. The zero-order chi connectivity index (χ0) is 10.6. The number of hydrogen-bond donors (Lipinski definition) is 2. The van der Waals surface area contributed by atoms with Crippen LogP contribution in [-0.4, -0.2) is 12.5 Å². The van der Waals surface area contributed by atoms with Crippen LogP contribution in [0.15, 0.2) is 24.3 Å². The van der Waals surface area contributed by atoms with Gasteiger partial charge in [0.05, 0.1) is 6.54 Å². The van der Waals surface area contributed by atoms with E-state index in [1.807, 2.05) is 31.2 Å². The van der Waals surface area contributed by atoms with E-state index in [1.54, 1.807) is 0 Å². The Bertz CT molecular complexity index is 328. The topological polar surface area (TPSA) is 55.1 Å². The van der Waals surface area contributed by atoms with Crippen molar-refractivity contribution < 1.29 is 4.79 Å². The minimum atomic E-state index is -0.362. The highest BCUT2D eigenvalue weighted by atomic mass is 35.5. The molecule has 1 amide bonds. The molecular formula is C10H13ClN2O. The van der Waals surface area contributed by atoms with Crippen molar-refractivity contribution in [1.82, 2.24) is 5.32 Å². The van der Waals surface area contributed by atoms with E-state index in [9.17, 15) is 4.79 Å². The number of nitrogens with two attached hydrogens (primary N) is 1. The van der Waals surface area contributed by atoms with Crippen LogP contribution < -0.4 is 11.1 Å². The monoisotopic (exact) mass is 212 g/mol. The van der Waals surface area contributed by atoms with E-state index in [-0.39, 0.29) is 18.5 Å². The molecule has 3 N–H and O–H groups in total. The van der Waals surface area contributed by atoms with Crippen LogP contribution in [0.4, 0.5) is 0 Å². The average Bonchev–Trinajstić information content (AvgIpc) is 2.14. The number of primary amides is 1. The van der Waals surface area contributed by atoms with Gasteiger partial charge in [-0.2, -0.15) is 0 Å². The smallest absolute Gasteiger partial charge is 0.231 e. The third-order valence-corrected chi connectivity index (χ3v) is 2.17. The molecule has 1 atom stereocenters. The van der Waals surface area contributed by atoms with Crippen LogP contribution in [0.2, 0.25) is 5.02 Å². The molecule has 14 heavy (non-hydrogen) atoms. The normalized spacial score (nSPS) is 12.4. The second-order valence-electron chi connectivity index (χ2n) is 3.12. The van der Waals surface area contributed by atoms with Crippen molar-refractivity contribution in [2.75, 3.05) is 6.54 Å². The van der Waals surface area contributed by atoms with Crippen molar-refractivity contribution in [1.29, 1.82) is 0 Å². The minimum absolute atomic E-state index is 0.0706. The first-order valence-corrected chi connectivity index (χ1v) is 4.74. The Kier molecular flexibility index (Phi) is 3.92. The van der Waals surface area contributed by atoms with Crippen molar-refractivity contribution in [3.63, 3.8) is 0 Å². The van der Waals surface area contributed by atoms with Crippen LogP contribution in [0.1, 0.15) is 18.5 Å². The zero-order valence-corrected chi connectivity index (χ0v) is 8.71. The molecule has 0 aromatic heterocycles. The van der Waals surface area contributed by atoms with Gasteiger partial charge in [0.15, 0.2) is 0 Å². The van der Waals surface area contributed by atoms with Gasteiger partial charge in [-0.05, 0) is 24.6 Å². The van der Waals surface area contributed by atoms with Gasteiger partial charge in [0.25, 0.3) is 0 Å². The Labute approximate surface area is 88.2 Å². The number of benzene rings is 1. The van der Waals surface area contributed by atoms with Crippen molar-refractivity contribution in [3.8, 4) is 0 Å². The maximum absolute atomic E-state index is 10.5. The van der Waals surface area contributed by atoms with Crippen LogP contribution >= 0.6 is 11.6 Å². The molecule has 0 heterocycles. The quantitative estimate of drug-likeness (QED) is 0.795. The van der Waals surface area contributed by atoms with Crippen LogP contribution in [0, 0.1) is 0 Å².